The summed E-state index contributed by atoms with van der Waals surface area (Å²) < 4.78 is 38.5. The summed E-state index contributed by atoms with van der Waals surface area (Å²) in [7, 11) is -3.23. The minimum atomic E-state index is -3.23. The molecule has 2 atom stereocenters. The SMILES string of the molecule is CC(C)C(=O)N1CCN(Cc2c(F)cccc2Cl)[C@@H]2CS(=O)(=O)C[C@@H]21. The zero-order valence-corrected chi connectivity index (χ0v) is 15.9. The van der Waals surface area contributed by atoms with Crippen LogP contribution in [0.5, 0.6) is 0 Å². The van der Waals surface area contributed by atoms with Crippen LogP contribution in [-0.2, 0) is 21.2 Å². The lowest BCUT2D eigenvalue weighted by atomic mass is 10.0. The number of rotatable bonds is 3. The predicted octanol–water partition coefficient (Wildman–Crippen LogP) is 1.94. The molecular formula is C17H22ClFN2O3S. The molecule has 0 bridgehead atoms. The zero-order chi connectivity index (χ0) is 18.4. The average molecular weight is 389 g/mol. The van der Waals surface area contributed by atoms with Crippen molar-refractivity contribution in [3.05, 3.63) is 34.6 Å². The van der Waals surface area contributed by atoms with Gasteiger partial charge in [-0.15, -0.1) is 0 Å². The highest BCUT2D eigenvalue weighted by Gasteiger charge is 2.48. The summed E-state index contributed by atoms with van der Waals surface area (Å²) in [6.45, 7) is 4.81. The number of carbonyl (C=O) groups excluding carboxylic acids is 1. The van der Waals surface area contributed by atoms with E-state index in [-0.39, 0.29) is 42.0 Å². The Balaban J connectivity index is 1.87. The lowest BCUT2D eigenvalue weighted by molar-refractivity contribution is -0.140. The molecule has 1 amide bonds. The number of nitrogens with zero attached hydrogens (tertiary/aromatic N) is 2. The number of sulfone groups is 1. The molecule has 2 heterocycles. The van der Waals surface area contributed by atoms with E-state index < -0.39 is 15.7 Å². The molecule has 5 nitrogen and oxygen atoms in total. The van der Waals surface area contributed by atoms with Gasteiger partial charge in [0.1, 0.15) is 5.82 Å². The quantitative estimate of drug-likeness (QED) is 0.794. The maximum absolute atomic E-state index is 14.1. The van der Waals surface area contributed by atoms with Gasteiger partial charge in [-0.25, -0.2) is 12.8 Å². The maximum Gasteiger partial charge on any atom is 0.225 e. The zero-order valence-electron chi connectivity index (χ0n) is 14.3. The standard InChI is InChI=1S/C17H22ClFN2O3S/c1-11(2)17(22)21-7-6-20(15-9-25(23,24)10-16(15)21)8-12-13(18)4-3-5-14(12)19/h3-5,11,15-16H,6-10H2,1-2H3/t15-,16+/m1/s1. The van der Waals surface area contributed by atoms with Crippen LogP contribution < -0.4 is 0 Å². The van der Waals surface area contributed by atoms with Gasteiger partial charge in [-0.3, -0.25) is 9.69 Å². The van der Waals surface area contributed by atoms with Gasteiger partial charge in [0, 0.05) is 42.2 Å². The minimum Gasteiger partial charge on any atom is -0.336 e. The van der Waals surface area contributed by atoms with E-state index in [0.29, 0.717) is 23.7 Å². The Labute approximate surface area is 152 Å². The number of carbonyl (C=O) groups is 1. The van der Waals surface area contributed by atoms with E-state index in [2.05, 4.69) is 0 Å². The van der Waals surface area contributed by atoms with Crippen molar-refractivity contribution in [2.24, 2.45) is 5.92 Å². The van der Waals surface area contributed by atoms with Crippen molar-refractivity contribution in [3.8, 4) is 0 Å². The molecule has 0 spiro atoms. The van der Waals surface area contributed by atoms with Gasteiger partial charge in [0.05, 0.1) is 17.5 Å². The topological polar surface area (TPSA) is 57.7 Å². The van der Waals surface area contributed by atoms with Crippen molar-refractivity contribution in [2.75, 3.05) is 24.6 Å². The number of hydrogen-bond donors (Lipinski definition) is 0. The van der Waals surface area contributed by atoms with Gasteiger partial charge < -0.3 is 4.90 Å². The summed E-state index contributed by atoms with van der Waals surface area (Å²) in [5.41, 5.74) is 0.371. The van der Waals surface area contributed by atoms with Crippen LogP contribution >= 0.6 is 11.6 Å². The lowest BCUT2D eigenvalue weighted by Gasteiger charge is -2.44. The second kappa shape index (κ2) is 6.85. The molecule has 0 aliphatic carbocycles. The molecular weight excluding hydrogens is 367 g/mol. The molecule has 0 radical (unpaired) electrons. The van der Waals surface area contributed by atoms with Crippen molar-refractivity contribution in [1.82, 2.24) is 9.80 Å². The van der Waals surface area contributed by atoms with Crippen LogP contribution in [0, 0.1) is 11.7 Å². The van der Waals surface area contributed by atoms with Gasteiger partial charge in [-0.1, -0.05) is 31.5 Å². The maximum atomic E-state index is 14.1. The van der Waals surface area contributed by atoms with E-state index in [1.165, 1.54) is 6.07 Å². The number of fused-ring (bicyclic) bond motifs is 1. The van der Waals surface area contributed by atoms with Crippen LogP contribution in [0.15, 0.2) is 18.2 Å². The fourth-order valence-corrected chi connectivity index (χ4v) is 5.95. The molecule has 2 aliphatic rings. The number of benzene rings is 1. The smallest absolute Gasteiger partial charge is 0.225 e. The largest absolute Gasteiger partial charge is 0.336 e. The first kappa shape index (κ1) is 18.6. The van der Waals surface area contributed by atoms with Crippen LogP contribution in [0.25, 0.3) is 0 Å². The van der Waals surface area contributed by atoms with E-state index in [1.54, 1.807) is 17.0 Å². The van der Waals surface area contributed by atoms with Crippen molar-refractivity contribution in [2.45, 2.75) is 32.5 Å². The first-order chi connectivity index (χ1) is 11.7. The first-order valence-corrected chi connectivity index (χ1v) is 10.6. The molecule has 3 rings (SSSR count). The molecule has 2 fully saturated rings. The molecule has 25 heavy (non-hydrogen) atoms. The third kappa shape index (κ3) is 3.68. The second-order valence-electron chi connectivity index (χ2n) is 7.07. The molecule has 0 saturated carbocycles. The molecule has 1 aromatic carbocycles. The number of amides is 1. The Morgan fingerprint density at radius 3 is 2.60 bits per heavy atom. The highest BCUT2D eigenvalue weighted by Crippen LogP contribution is 2.31. The van der Waals surface area contributed by atoms with E-state index in [4.69, 9.17) is 11.6 Å². The van der Waals surface area contributed by atoms with E-state index >= 15 is 0 Å². The van der Waals surface area contributed by atoms with Gasteiger partial charge in [-0.05, 0) is 12.1 Å². The van der Waals surface area contributed by atoms with Crippen LogP contribution in [0.2, 0.25) is 5.02 Å². The molecule has 2 aliphatic heterocycles. The highest BCUT2D eigenvalue weighted by atomic mass is 35.5. The van der Waals surface area contributed by atoms with Crippen LogP contribution in [0.4, 0.5) is 4.39 Å². The number of piperazine rings is 1. The van der Waals surface area contributed by atoms with E-state index in [9.17, 15) is 17.6 Å². The first-order valence-electron chi connectivity index (χ1n) is 8.37. The molecule has 0 N–H and O–H groups in total. The normalized spacial score (nSPS) is 26.0. The van der Waals surface area contributed by atoms with Gasteiger partial charge >= 0.3 is 0 Å². The van der Waals surface area contributed by atoms with E-state index in [0.717, 1.165) is 0 Å². The average Bonchev–Trinajstić information content (AvgIpc) is 2.85. The summed E-state index contributed by atoms with van der Waals surface area (Å²) in [5, 5.41) is 0.332. The Kier molecular flexibility index (Phi) is 5.10. The number of hydrogen-bond acceptors (Lipinski definition) is 4. The highest BCUT2D eigenvalue weighted by molar-refractivity contribution is 7.91. The number of halogens is 2. The molecule has 8 heteroatoms. The molecule has 0 aromatic heterocycles. The monoisotopic (exact) mass is 388 g/mol. The minimum absolute atomic E-state index is 0.00832. The third-order valence-corrected chi connectivity index (χ3v) is 7.04. The van der Waals surface area contributed by atoms with Gasteiger partial charge in [0.2, 0.25) is 5.91 Å². The van der Waals surface area contributed by atoms with Crippen molar-refractivity contribution in [3.63, 3.8) is 0 Å². The van der Waals surface area contributed by atoms with Crippen molar-refractivity contribution in [1.29, 1.82) is 0 Å². The molecule has 2 saturated heterocycles. The van der Waals surface area contributed by atoms with Gasteiger partial charge in [0.15, 0.2) is 9.84 Å². The summed E-state index contributed by atoms with van der Waals surface area (Å²) in [5.74, 6) is -0.652. The second-order valence-corrected chi connectivity index (χ2v) is 9.63. The Bertz CT molecular complexity index is 764. The lowest BCUT2D eigenvalue weighted by Crippen LogP contribution is -2.60. The van der Waals surface area contributed by atoms with E-state index in [1.807, 2.05) is 18.7 Å². The Morgan fingerprint density at radius 1 is 1.28 bits per heavy atom. The molecule has 0 unspecified atom stereocenters. The third-order valence-electron chi connectivity index (χ3n) is 4.99. The molecule has 1 aromatic rings. The van der Waals surface area contributed by atoms with Gasteiger partial charge in [0.25, 0.3) is 0 Å². The fraction of sp³-hybridized carbons (Fsp3) is 0.588. The Morgan fingerprint density at radius 2 is 1.96 bits per heavy atom. The van der Waals surface area contributed by atoms with Crippen LogP contribution in [0.3, 0.4) is 0 Å². The van der Waals surface area contributed by atoms with Crippen LogP contribution in [0.1, 0.15) is 19.4 Å². The van der Waals surface area contributed by atoms with Crippen LogP contribution in [-0.4, -0.2) is 60.8 Å². The van der Waals surface area contributed by atoms with Gasteiger partial charge in [-0.2, -0.15) is 0 Å². The Hall–Kier alpha value is -1.18. The summed E-state index contributed by atoms with van der Waals surface area (Å²) in [6, 6.07) is 3.82. The summed E-state index contributed by atoms with van der Waals surface area (Å²) in [6.07, 6.45) is 0. The van der Waals surface area contributed by atoms with Crippen molar-refractivity contribution >= 4 is 27.3 Å². The van der Waals surface area contributed by atoms with Crippen molar-refractivity contribution < 1.29 is 17.6 Å². The summed E-state index contributed by atoms with van der Waals surface area (Å²) >= 11 is 6.12. The molecule has 138 valence electrons. The fourth-order valence-electron chi connectivity index (χ4n) is 3.71. The predicted molar refractivity (Wildman–Crippen MR) is 94.6 cm³/mol. The summed E-state index contributed by atoms with van der Waals surface area (Å²) in [4.78, 5) is 16.1.